The molecule has 2 rings (SSSR count). The van der Waals surface area contributed by atoms with Crippen molar-refractivity contribution in [2.24, 2.45) is 0 Å². The summed E-state index contributed by atoms with van der Waals surface area (Å²) in [6.07, 6.45) is 0. The molecule has 0 saturated carbocycles. The quantitative estimate of drug-likeness (QED) is 0.724. The van der Waals surface area contributed by atoms with Gasteiger partial charge in [-0.25, -0.2) is 12.8 Å². The van der Waals surface area contributed by atoms with Crippen molar-refractivity contribution in [3.8, 4) is 11.5 Å². The zero-order chi connectivity index (χ0) is 17.9. The van der Waals surface area contributed by atoms with E-state index in [-0.39, 0.29) is 27.1 Å². The predicted octanol–water partition coefficient (Wildman–Crippen LogP) is 4.45. The lowest BCUT2D eigenvalue weighted by Gasteiger charge is -2.14. The van der Waals surface area contributed by atoms with Gasteiger partial charge in [-0.05, 0) is 47.1 Å². The maximum absolute atomic E-state index is 13.9. The smallest absolute Gasteiger partial charge is 0.265 e. The van der Waals surface area contributed by atoms with Crippen molar-refractivity contribution in [1.82, 2.24) is 0 Å². The molecule has 24 heavy (non-hydrogen) atoms. The summed E-state index contributed by atoms with van der Waals surface area (Å²) in [5.74, 6) is -0.530. The van der Waals surface area contributed by atoms with Gasteiger partial charge in [0.25, 0.3) is 10.0 Å². The van der Waals surface area contributed by atoms with Crippen LogP contribution in [0.2, 0.25) is 5.02 Å². The van der Waals surface area contributed by atoms with Crippen LogP contribution < -0.4 is 14.2 Å². The number of anilines is 1. The minimum atomic E-state index is -4.04. The van der Waals surface area contributed by atoms with Crippen LogP contribution >= 0.6 is 27.5 Å². The lowest BCUT2D eigenvalue weighted by atomic mass is 10.3. The highest BCUT2D eigenvalue weighted by Gasteiger charge is 2.23. The van der Waals surface area contributed by atoms with E-state index in [1.165, 1.54) is 31.4 Å². The van der Waals surface area contributed by atoms with Crippen LogP contribution in [-0.2, 0) is 10.0 Å². The van der Waals surface area contributed by atoms with E-state index in [9.17, 15) is 12.8 Å². The summed E-state index contributed by atoms with van der Waals surface area (Å²) >= 11 is 9.11. The summed E-state index contributed by atoms with van der Waals surface area (Å²) in [7, 11) is -2.70. The van der Waals surface area contributed by atoms with E-state index in [0.717, 1.165) is 6.07 Å². The van der Waals surface area contributed by atoms with Crippen molar-refractivity contribution < 1.29 is 22.3 Å². The Bertz CT molecular complexity index is 861. The van der Waals surface area contributed by atoms with E-state index in [2.05, 4.69) is 20.7 Å². The summed E-state index contributed by atoms with van der Waals surface area (Å²) in [6.45, 7) is 2.02. The molecule has 0 fully saturated rings. The van der Waals surface area contributed by atoms with Gasteiger partial charge in [0.05, 0.1) is 23.9 Å². The Morgan fingerprint density at radius 2 is 2.00 bits per heavy atom. The fourth-order valence-corrected chi connectivity index (χ4v) is 4.42. The van der Waals surface area contributed by atoms with Crippen LogP contribution in [0.25, 0.3) is 0 Å². The maximum atomic E-state index is 13.9. The molecule has 0 amide bonds. The zero-order valence-electron chi connectivity index (χ0n) is 12.8. The SMILES string of the molecule is CCOc1ccc(NS(=O)(=O)c2cc(Cl)cc(Br)c2OC)cc1F. The molecule has 2 aromatic carbocycles. The van der Waals surface area contributed by atoms with Gasteiger partial charge in [-0.3, -0.25) is 4.72 Å². The fraction of sp³-hybridized carbons (Fsp3) is 0.200. The third-order valence-electron chi connectivity index (χ3n) is 2.95. The Balaban J connectivity index is 2.41. The largest absolute Gasteiger partial charge is 0.494 e. The normalized spacial score (nSPS) is 11.2. The Hall–Kier alpha value is -1.51. The minimum absolute atomic E-state index is 0.0449. The van der Waals surface area contributed by atoms with Crippen LogP contribution in [-0.4, -0.2) is 22.1 Å². The number of ether oxygens (including phenoxy) is 2. The number of benzene rings is 2. The molecule has 0 saturated heterocycles. The predicted molar refractivity (Wildman–Crippen MR) is 94.1 cm³/mol. The Morgan fingerprint density at radius 3 is 2.58 bits per heavy atom. The molecule has 0 aliphatic rings. The minimum Gasteiger partial charge on any atom is -0.494 e. The second kappa shape index (κ2) is 7.58. The lowest BCUT2D eigenvalue weighted by Crippen LogP contribution is -2.14. The molecule has 130 valence electrons. The molecule has 0 aromatic heterocycles. The second-order valence-electron chi connectivity index (χ2n) is 4.60. The van der Waals surface area contributed by atoms with Crippen molar-refractivity contribution in [3.63, 3.8) is 0 Å². The van der Waals surface area contributed by atoms with Gasteiger partial charge in [-0.15, -0.1) is 0 Å². The molecule has 0 unspecified atom stereocenters. The van der Waals surface area contributed by atoms with Gasteiger partial charge in [-0.1, -0.05) is 11.6 Å². The summed E-state index contributed by atoms with van der Waals surface area (Å²) in [5, 5.41) is 0.209. The van der Waals surface area contributed by atoms with E-state index in [0.29, 0.717) is 11.1 Å². The van der Waals surface area contributed by atoms with Crippen molar-refractivity contribution in [1.29, 1.82) is 0 Å². The van der Waals surface area contributed by atoms with E-state index < -0.39 is 15.8 Å². The van der Waals surface area contributed by atoms with Gasteiger partial charge in [-0.2, -0.15) is 0 Å². The fourth-order valence-electron chi connectivity index (χ4n) is 1.98. The third-order valence-corrected chi connectivity index (χ3v) is 5.15. The highest BCUT2D eigenvalue weighted by molar-refractivity contribution is 9.10. The highest BCUT2D eigenvalue weighted by Crippen LogP contribution is 2.36. The van der Waals surface area contributed by atoms with Crippen LogP contribution in [0.1, 0.15) is 6.92 Å². The van der Waals surface area contributed by atoms with Crippen LogP contribution in [0, 0.1) is 5.82 Å². The molecule has 2 aromatic rings. The van der Waals surface area contributed by atoms with E-state index in [1.807, 2.05) is 0 Å². The van der Waals surface area contributed by atoms with Crippen LogP contribution in [0.5, 0.6) is 11.5 Å². The maximum Gasteiger partial charge on any atom is 0.265 e. The Labute approximate surface area is 152 Å². The van der Waals surface area contributed by atoms with Gasteiger partial charge >= 0.3 is 0 Å². The molecule has 0 spiro atoms. The van der Waals surface area contributed by atoms with E-state index in [1.54, 1.807) is 6.92 Å². The van der Waals surface area contributed by atoms with Crippen molar-refractivity contribution in [3.05, 3.63) is 45.6 Å². The Morgan fingerprint density at radius 1 is 1.29 bits per heavy atom. The molecule has 0 radical (unpaired) electrons. The van der Waals surface area contributed by atoms with E-state index in [4.69, 9.17) is 21.1 Å². The molecule has 0 atom stereocenters. The lowest BCUT2D eigenvalue weighted by molar-refractivity contribution is 0.321. The molecular formula is C15H14BrClFNO4S. The average molecular weight is 439 g/mol. The molecule has 9 heteroatoms. The highest BCUT2D eigenvalue weighted by atomic mass is 79.9. The number of nitrogens with one attached hydrogen (secondary N) is 1. The van der Waals surface area contributed by atoms with E-state index >= 15 is 0 Å². The first-order chi connectivity index (χ1) is 11.3. The molecule has 0 aliphatic carbocycles. The molecular weight excluding hydrogens is 425 g/mol. The first-order valence-electron chi connectivity index (χ1n) is 6.76. The van der Waals surface area contributed by atoms with Gasteiger partial charge in [0.15, 0.2) is 17.3 Å². The molecule has 5 nitrogen and oxygen atoms in total. The number of rotatable bonds is 6. The van der Waals surface area contributed by atoms with Crippen molar-refractivity contribution in [2.45, 2.75) is 11.8 Å². The number of sulfonamides is 1. The molecule has 0 aliphatic heterocycles. The molecule has 0 heterocycles. The number of halogens is 3. The zero-order valence-corrected chi connectivity index (χ0v) is 15.9. The third kappa shape index (κ3) is 4.12. The topological polar surface area (TPSA) is 64.6 Å². The Kier molecular flexibility index (Phi) is 5.95. The van der Waals surface area contributed by atoms with Gasteiger partial charge < -0.3 is 9.47 Å². The molecule has 0 bridgehead atoms. The molecule has 1 N–H and O–H groups in total. The van der Waals surface area contributed by atoms with Crippen LogP contribution in [0.4, 0.5) is 10.1 Å². The summed E-state index contributed by atoms with van der Waals surface area (Å²) in [4.78, 5) is -0.168. The number of hydrogen-bond donors (Lipinski definition) is 1. The monoisotopic (exact) mass is 437 g/mol. The first-order valence-corrected chi connectivity index (χ1v) is 9.42. The van der Waals surface area contributed by atoms with Gasteiger partial charge in [0.1, 0.15) is 4.90 Å². The van der Waals surface area contributed by atoms with Crippen molar-refractivity contribution in [2.75, 3.05) is 18.4 Å². The summed E-state index contributed by atoms with van der Waals surface area (Å²) in [6, 6.07) is 6.54. The summed E-state index contributed by atoms with van der Waals surface area (Å²) in [5.41, 5.74) is 0.0501. The number of hydrogen-bond acceptors (Lipinski definition) is 4. The second-order valence-corrected chi connectivity index (χ2v) is 7.54. The van der Waals surface area contributed by atoms with Crippen LogP contribution in [0.3, 0.4) is 0 Å². The average Bonchev–Trinajstić information content (AvgIpc) is 2.49. The first kappa shape index (κ1) is 18.8. The number of methoxy groups -OCH3 is 1. The van der Waals surface area contributed by atoms with Gasteiger partial charge in [0, 0.05) is 11.1 Å². The van der Waals surface area contributed by atoms with Crippen LogP contribution in [0.15, 0.2) is 39.7 Å². The van der Waals surface area contributed by atoms with Crippen molar-refractivity contribution >= 4 is 43.2 Å². The van der Waals surface area contributed by atoms with Gasteiger partial charge in [0.2, 0.25) is 0 Å². The standard InChI is InChI=1S/C15H14BrClFNO4S/c1-3-23-13-5-4-10(8-12(13)18)19-24(20,21)14-7-9(17)6-11(16)15(14)22-2/h4-8,19H,3H2,1-2H3. The summed E-state index contributed by atoms with van der Waals surface area (Å²) < 4.78 is 51.9.